The summed E-state index contributed by atoms with van der Waals surface area (Å²) in [7, 11) is 0. The van der Waals surface area contributed by atoms with Crippen molar-refractivity contribution in [2.45, 2.75) is 19.9 Å². The number of H-pyrrole nitrogens is 1. The van der Waals surface area contributed by atoms with E-state index in [0.29, 0.717) is 0 Å². The molecule has 1 aromatic carbocycles. The van der Waals surface area contributed by atoms with Crippen molar-refractivity contribution in [3.05, 3.63) is 90.5 Å². The summed E-state index contributed by atoms with van der Waals surface area (Å²) in [6, 6.07) is 20.7. The SMILES string of the molecule is Cc1cccc(-c2cc(-c3cncc(-c4ccc([C@@H](C)N)cc4)c3)c3cc[nH]c3n2)n1. The highest BCUT2D eigenvalue weighted by molar-refractivity contribution is 5.95. The molecule has 1 atom stereocenters. The van der Waals surface area contributed by atoms with Gasteiger partial charge in [-0.1, -0.05) is 30.3 Å². The van der Waals surface area contributed by atoms with Crippen molar-refractivity contribution in [3.8, 4) is 33.6 Å². The highest BCUT2D eigenvalue weighted by Gasteiger charge is 2.13. The standard InChI is InChI=1S/C26H23N5/c1-16-4-3-5-24(30-16)25-13-23(22-10-11-29-26(22)31-25)21-12-20(14-28-15-21)19-8-6-18(7-9-19)17(2)27/h3-15,17H,27H2,1-2H3,(H,29,31)/t17-/m1/s1. The van der Waals surface area contributed by atoms with Crippen molar-refractivity contribution < 1.29 is 0 Å². The van der Waals surface area contributed by atoms with Crippen LogP contribution in [0.1, 0.15) is 24.2 Å². The van der Waals surface area contributed by atoms with E-state index in [1.165, 1.54) is 0 Å². The highest BCUT2D eigenvalue weighted by Crippen LogP contribution is 2.33. The Labute approximate surface area is 181 Å². The van der Waals surface area contributed by atoms with Crippen molar-refractivity contribution in [2.24, 2.45) is 5.73 Å². The lowest BCUT2D eigenvalue weighted by molar-refractivity contribution is 0.818. The molecule has 0 saturated heterocycles. The summed E-state index contributed by atoms with van der Waals surface area (Å²) >= 11 is 0. The van der Waals surface area contributed by atoms with Gasteiger partial charge in [-0.2, -0.15) is 0 Å². The van der Waals surface area contributed by atoms with Crippen LogP contribution in [-0.4, -0.2) is 19.9 Å². The Balaban J connectivity index is 1.62. The van der Waals surface area contributed by atoms with Gasteiger partial charge < -0.3 is 10.7 Å². The number of fused-ring (bicyclic) bond motifs is 1. The number of nitrogens with zero attached hydrogens (tertiary/aromatic N) is 3. The molecule has 0 aliphatic rings. The van der Waals surface area contributed by atoms with Gasteiger partial charge in [0.15, 0.2) is 0 Å². The zero-order valence-corrected chi connectivity index (χ0v) is 17.5. The van der Waals surface area contributed by atoms with Gasteiger partial charge in [0.1, 0.15) is 5.65 Å². The molecule has 4 heterocycles. The van der Waals surface area contributed by atoms with Gasteiger partial charge in [-0.05, 0) is 60.9 Å². The fourth-order valence-electron chi connectivity index (χ4n) is 3.82. The van der Waals surface area contributed by atoms with E-state index in [9.17, 15) is 0 Å². The predicted octanol–water partition coefficient (Wildman–Crippen LogP) is 5.68. The molecule has 5 rings (SSSR count). The molecule has 0 aliphatic carbocycles. The second-order valence-electron chi connectivity index (χ2n) is 7.83. The third-order valence-electron chi connectivity index (χ3n) is 5.50. The average molecular weight is 406 g/mol. The lowest BCUT2D eigenvalue weighted by Crippen LogP contribution is -2.04. The third-order valence-corrected chi connectivity index (χ3v) is 5.50. The summed E-state index contributed by atoms with van der Waals surface area (Å²) in [6.07, 6.45) is 5.70. The number of rotatable bonds is 4. The molecular weight excluding hydrogens is 382 g/mol. The fraction of sp³-hybridized carbons (Fsp3) is 0.115. The molecule has 0 bridgehead atoms. The Morgan fingerprint density at radius 1 is 0.839 bits per heavy atom. The lowest BCUT2D eigenvalue weighted by atomic mass is 9.98. The van der Waals surface area contributed by atoms with Crippen molar-refractivity contribution in [2.75, 3.05) is 0 Å². The smallest absolute Gasteiger partial charge is 0.138 e. The Kier molecular flexibility index (Phi) is 4.81. The monoisotopic (exact) mass is 405 g/mol. The molecule has 0 saturated carbocycles. The van der Waals surface area contributed by atoms with Crippen molar-refractivity contribution >= 4 is 11.0 Å². The molecule has 0 unspecified atom stereocenters. The molecule has 31 heavy (non-hydrogen) atoms. The lowest BCUT2D eigenvalue weighted by Gasteiger charge is -2.10. The number of aromatic nitrogens is 4. The first kappa shape index (κ1) is 19.2. The maximum atomic E-state index is 5.99. The quantitative estimate of drug-likeness (QED) is 0.403. The van der Waals surface area contributed by atoms with Crippen molar-refractivity contribution in [3.63, 3.8) is 0 Å². The molecule has 0 radical (unpaired) electrons. The topological polar surface area (TPSA) is 80.5 Å². The van der Waals surface area contributed by atoms with Gasteiger partial charge in [0.25, 0.3) is 0 Å². The molecule has 0 fully saturated rings. The van der Waals surface area contributed by atoms with E-state index in [0.717, 1.165) is 55.9 Å². The molecule has 5 nitrogen and oxygen atoms in total. The number of benzene rings is 1. The van der Waals surface area contributed by atoms with Crippen LogP contribution in [0, 0.1) is 6.92 Å². The molecule has 0 amide bonds. The van der Waals surface area contributed by atoms with Gasteiger partial charge in [-0.3, -0.25) is 9.97 Å². The average Bonchev–Trinajstić information content (AvgIpc) is 3.27. The van der Waals surface area contributed by atoms with Crippen LogP contribution in [0.5, 0.6) is 0 Å². The molecule has 0 aliphatic heterocycles. The summed E-state index contributed by atoms with van der Waals surface area (Å²) in [6.45, 7) is 3.98. The first-order valence-electron chi connectivity index (χ1n) is 10.3. The van der Waals surface area contributed by atoms with Crippen LogP contribution in [0.15, 0.2) is 79.3 Å². The normalized spacial score (nSPS) is 12.2. The van der Waals surface area contributed by atoms with Gasteiger partial charge in [-0.15, -0.1) is 0 Å². The van der Waals surface area contributed by atoms with Crippen LogP contribution in [0.3, 0.4) is 0 Å². The maximum Gasteiger partial charge on any atom is 0.138 e. The minimum atomic E-state index is 0.0193. The number of pyridine rings is 3. The van der Waals surface area contributed by atoms with Crippen LogP contribution in [0.25, 0.3) is 44.7 Å². The molecule has 5 heteroatoms. The summed E-state index contributed by atoms with van der Waals surface area (Å²) in [5, 5.41) is 1.06. The van der Waals surface area contributed by atoms with Crippen LogP contribution < -0.4 is 5.73 Å². The summed E-state index contributed by atoms with van der Waals surface area (Å²) in [5.74, 6) is 0. The first-order valence-corrected chi connectivity index (χ1v) is 10.3. The summed E-state index contributed by atoms with van der Waals surface area (Å²) < 4.78 is 0. The molecule has 0 spiro atoms. The molecule has 5 aromatic rings. The zero-order valence-electron chi connectivity index (χ0n) is 17.5. The summed E-state index contributed by atoms with van der Waals surface area (Å²) in [4.78, 5) is 17.2. The van der Waals surface area contributed by atoms with E-state index in [2.05, 4.69) is 57.4 Å². The maximum absolute atomic E-state index is 5.99. The van der Waals surface area contributed by atoms with E-state index in [1.807, 2.05) is 50.6 Å². The van der Waals surface area contributed by atoms with E-state index in [1.54, 1.807) is 0 Å². The second kappa shape index (κ2) is 7.78. The van der Waals surface area contributed by atoms with Gasteiger partial charge in [0.2, 0.25) is 0 Å². The highest BCUT2D eigenvalue weighted by atomic mass is 14.9. The van der Waals surface area contributed by atoms with E-state index in [4.69, 9.17) is 10.7 Å². The predicted molar refractivity (Wildman–Crippen MR) is 125 cm³/mol. The zero-order chi connectivity index (χ0) is 21.4. The summed E-state index contributed by atoms with van der Waals surface area (Å²) in [5.41, 5.74) is 14.9. The van der Waals surface area contributed by atoms with E-state index >= 15 is 0 Å². The number of nitrogens with two attached hydrogens (primary N) is 1. The van der Waals surface area contributed by atoms with Crippen LogP contribution in [0.2, 0.25) is 0 Å². The van der Waals surface area contributed by atoms with Crippen LogP contribution in [0.4, 0.5) is 0 Å². The number of aryl methyl sites for hydroxylation is 1. The van der Waals surface area contributed by atoms with Crippen LogP contribution in [-0.2, 0) is 0 Å². The number of nitrogens with one attached hydrogen (secondary N) is 1. The number of hydrogen-bond donors (Lipinski definition) is 2. The molecule has 3 N–H and O–H groups in total. The second-order valence-corrected chi connectivity index (χ2v) is 7.83. The van der Waals surface area contributed by atoms with Gasteiger partial charge in [-0.25, -0.2) is 4.98 Å². The van der Waals surface area contributed by atoms with Gasteiger partial charge in [0.05, 0.1) is 11.4 Å². The van der Waals surface area contributed by atoms with Crippen molar-refractivity contribution in [1.82, 2.24) is 19.9 Å². The molecular formula is C26H23N5. The van der Waals surface area contributed by atoms with Gasteiger partial charge >= 0.3 is 0 Å². The first-order chi connectivity index (χ1) is 15.1. The Morgan fingerprint density at radius 3 is 2.42 bits per heavy atom. The Morgan fingerprint density at radius 2 is 1.65 bits per heavy atom. The van der Waals surface area contributed by atoms with E-state index < -0.39 is 0 Å². The fourth-order valence-corrected chi connectivity index (χ4v) is 3.82. The molecule has 4 aromatic heterocycles. The largest absolute Gasteiger partial charge is 0.346 e. The Hall–Kier alpha value is -3.83. The minimum absolute atomic E-state index is 0.0193. The Bertz CT molecular complexity index is 1370. The third kappa shape index (κ3) is 3.71. The van der Waals surface area contributed by atoms with E-state index in [-0.39, 0.29) is 6.04 Å². The number of hydrogen-bond acceptors (Lipinski definition) is 4. The number of aromatic amines is 1. The molecule has 152 valence electrons. The minimum Gasteiger partial charge on any atom is -0.346 e. The van der Waals surface area contributed by atoms with Crippen LogP contribution >= 0.6 is 0 Å². The van der Waals surface area contributed by atoms with Gasteiger partial charge in [0, 0.05) is 46.8 Å². The van der Waals surface area contributed by atoms with Crippen molar-refractivity contribution in [1.29, 1.82) is 0 Å².